The first kappa shape index (κ1) is 21.5. The Labute approximate surface area is 197 Å². The van der Waals surface area contributed by atoms with E-state index in [0.717, 1.165) is 32.9 Å². The second kappa shape index (κ2) is 8.45. The quantitative estimate of drug-likeness (QED) is 0.146. The Morgan fingerprint density at radius 2 is 1.70 bits per heavy atom. The van der Waals surface area contributed by atoms with Crippen molar-refractivity contribution < 1.29 is 9.53 Å². The van der Waals surface area contributed by atoms with Crippen molar-refractivity contribution in [2.45, 2.75) is 34.1 Å². The summed E-state index contributed by atoms with van der Waals surface area (Å²) in [6.07, 6.45) is 1.01. The van der Waals surface area contributed by atoms with E-state index in [-0.39, 0.29) is 5.97 Å². The Kier molecular flexibility index (Phi) is 6.06. The zero-order valence-electron chi connectivity index (χ0n) is 17.4. The van der Waals surface area contributed by atoms with Crippen molar-refractivity contribution in [3.63, 3.8) is 0 Å². The number of carbonyl (C=O) groups is 1. The van der Waals surface area contributed by atoms with Gasteiger partial charge in [0.1, 0.15) is 5.75 Å². The number of alkyl halides is 1. The number of aryl methyl sites for hydroxylation is 4. The number of ether oxygens (including phenoxy) is 1. The topological polar surface area (TPSA) is 26.3 Å². The summed E-state index contributed by atoms with van der Waals surface area (Å²) in [5.41, 5.74) is 5.68. The van der Waals surface area contributed by atoms with E-state index in [1.807, 2.05) is 25.2 Å². The molecule has 1 aromatic heterocycles. The monoisotopic (exact) mass is 544 g/mol. The molecule has 0 saturated carbocycles. The van der Waals surface area contributed by atoms with Crippen molar-refractivity contribution in [1.29, 1.82) is 0 Å². The zero-order valence-corrected chi connectivity index (χ0v) is 21.3. The van der Waals surface area contributed by atoms with Gasteiger partial charge in [-0.1, -0.05) is 40.2 Å². The molecule has 0 fully saturated rings. The van der Waals surface area contributed by atoms with Crippen LogP contribution < -0.4 is 4.74 Å². The molecule has 0 amide bonds. The molecule has 30 heavy (non-hydrogen) atoms. The summed E-state index contributed by atoms with van der Waals surface area (Å²) in [4.78, 5) is 12.9. The lowest BCUT2D eigenvalue weighted by atomic mass is 9.91. The van der Waals surface area contributed by atoms with E-state index in [2.05, 4.69) is 75.2 Å². The Balaban J connectivity index is 2.11. The summed E-state index contributed by atoms with van der Waals surface area (Å²) in [6.45, 7) is 7.68. The van der Waals surface area contributed by atoms with Gasteiger partial charge in [0.25, 0.3) is 0 Å². The molecular formula is C25H22Br2O2S. The van der Waals surface area contributed by atoms with Gasteiger partial charge in [-0.05, 0) is 93.8 Å². The van der Waals surface area contributed by atoms with E-state index in [1.165, 1.54) is 43.8 Å². The van der Waals surface area contributed by atoms with Gasteiger partial charge in [0.15, 0.2) is 0 Å². The van der Waals surface area contributed by atoms with Gasteiger partial charge >= 0.3 is 5.97 Å². The largest absolute Gasteiger partial charge is 0.426 e. The number of fused-ring (bicyclic) bond motifs is 2. The number of hydrogen-bond acceptors (Lipinski definition) is 3. The van der Waals surface area contributed by atoms with Crippen molar-refractivity contribution >= 4 is 70.0 Å². The van der Waals surface area contributed by atoms with Crippen LogP contribution in [0.15, 0.2) is 40.9 Å². The van der Waals surface area contributed by atoms with Crippen molar-refractivity contribution in [3.05, 3.63) is 62.4 Å². The molecule has 0 radical (unpaired) electrons. The second-order valence-corrected chi connectivity index (χ2v) is 10.3. The number of rotatable bonds is 4. The summed E-state index contributed by atoms with van der Waals surface area (Å²) in [5, 5.41) is 4.69. The van der Waals surface area contributed by atoms with E-state index in [0.29, 0.717) is 5.75 Å². The molecule has 2 nitrogen and oxygen atoms in total. The maximum Gasteiger partial charge on any atom is 0.308 e. The molecule has 0 spiro atoms. The lowest BCUT2D eigenvalue weighted by Crippen LogP contribution is -2.04. The van der Waals surface area contributed by atoms with Crippen LogP contribution in [0.4, 0.5) is 0 Å². The molecule has 0 aliphatic heterocycles. The highest BCUT2D eigenvalue weighted by Gasteiger charge is 2.21. The number of carbonyl (C=O) groups excluding carboxylic acids is 1. The van der Waals surface area contributed by atoms with Crippen LogP contribution in [-0.4, -0.2) is 11.3 Å². The Bertz CT molecular complexity index is 1280. The highest BCUT2D eigenvalue weighted by atomic mass is 79.9. The highest BCUT2D eigenvalue weighted by Crippen LogP contribution is 2.48. The molecule has 0 aliphatic carbocycles. The van der Waals surface area contributed by atoms with Crippen LogP contribution in [0.2, 0.25) is 0 Å². The first-order valence-electron chi connectivity index (χ1n) is 9.81. The van der Waals surface area contributed by atoms with Crippen LogP contribution >= 0.6 is 43.2 Å². The van der Waals surface area contributed by atoms with E-state index >= 15 is 0 Å². The fraction of sp³-hybridized carbons (Fsp3) is 0.240. The third-order valence-corrected chi connectivity index (χ3v) is 8.30. The van der Waals surface area contributed by atoms with Gasteiger partial charge in [0, 0.05) is 27.0 Å². The number of esters is 1. The van der Waals surface area contributed by atoms with Gasteiger partial charge in [0.05, 0.1) is 4.70 Å². The second-order valence-electron chi connectivity index (χ2n) is 7.56. The molecule has 0 atom stereocenters. The fourth-order valence-electron chi connectivity index (χ4n) is 4.19. The van der Waals surface area contributed by atoms with Crippen LogP contribution in [-0.2, 0) is 11.2 Å². The third kappa shape index (κ3) is 3.61. The van der Waals surface area contributed by atoms with Crippen LogP contribution in [0, 0.1) is 20.8 Å². The van der Waals surface area contributed by atoms with E-state index in [4.69, 9.17) is 4.74 Å². The zero-order chi connectivity index (χ0) is 21.6. The molecule has 1 heterocycles. The number of halogens is 2. The van der Waals surface area contributed by atoms with E-state index in [1.54, 1.807) is 0 Å². The van der Waals surface area contributed by atoms with E-state index < -0.39 is 0 Å². The van der Waals surface area contributed by atoms with Gasteiger partial charge in [0.2, 0.25) is 0 Å². The SMILES string of the molecule is CC(=O)Oc1c(C)cc(-c2c3ccccc3c(Br)c3sc(CCBr)c(C)c23)cc1C. The predicted molar refractivity (Wildman–Crippen MR) is 135 cm³/mol. The summed E-state index contributed by atoms with van der Waals surface area (Å²) in [5.74, 6) is 0.365. The standard InChI is InChI=1S/C25H22Br2O2S/c1-13-11-17(12-14(2)24(13)29-16(4)28)22-18-7-5-6-8-19(18)23(27)25-21(22)15(3)20(30-25)9-10-26/h5-8,11-12H,9-10H2,1-4H3. The van der Waals surface area contributed by atoms with Crippen LogP contribution in [0.25, 0.3) is 32.0 Å². The summed E-state index contributed by atoms with van der Waals surface area (Å²) in [6, 6.07) is 12.8. The summed E-state index contributed by atoms with van der Waals surface area (Å²) < 4.78 is 7.92. The predicted octanol–water partition coefficient (Wildman–Crippen LogP) is 8.27. The fourth-order valence-corrected chi connectivity index (χ4v) is 6.90. The lowest BCUT2D eigenvalue weighted by molar-refractivity contribution is -0.131. The lowest BCUT2D eigenvalue weighted by Gasteiger charge is -2.16. The molecule has 3 aromatic carbocycles. The van der Waals surface area contributed by atoms with Gasteiger partial charge in [-0.2, -0.15) is 0 Å². The average molecular weight is 546 g/mol. The van der Waals surface area contributed by atoms with Gasteiger partial charge in [-0.3, -0.25) is 4.79 Å². The van der Waals surface area contributed by atoms with E-state index in [9.17, 15) is 4.79 Å². The molecule has 4 rings (SSSR count). The molecule has 154 valence electrons. The minimum Gasteiger partial charge on any atom is -0.426 e. The van der Waals surface area contributed by atoms with Gasteiger partial charge in [-0.15, -0.1) is 11.3 Å². The van der Waals surface area contributed by atoms with Gasteiger partial charge < -0.3 is 4.74 Å². The minimum atomic E-state index is -0.293. The minimum absolute atomic E-state index is 0.293. The molecule has 5 heteroatoms. The molecular weight excluding hydrogens is 524 g/mol. The molecule has 0 aliphatic rings. The molecule has 0 bridgehead atoms. The first-order chi connectivity index (χ1) is 14.3. The number of hydrogen-bond donors (Lipinski definition) is 0. The van der Waals surface area contributed by atoms with Crippen molar-refractivity contribution in [2.75, 3.05) is 5.33 Å². The molecule has 4 aromatic rings. The Morgan fingerprint density at radius 3 is 2.30 bits per heavy atom. The van der Waals surface area contributed by atoms with Crippen LogP contribution in [0.1, 0.15) is 28.5 Å². The van der Waals surface area contributed by atoms with Crippen molar-refractivity contribution in [1.82, 2.24) is 0 Å². The molecule has 0 saturated heterocycles. The smallest absolute Gasteiger partial charge is 0.308 e. The third-order valence-electron chi connectivity index (χ3n) is 5.44. The van der Waals surface area contributed by atoms with Crippen molar-refractivity contribution in [2.24, 2.45) is 0 Å². The molecule has 0 N–H and O–H groups in total. The van der Waals surface area contributed by atoms with Crippen LogP contribution in [0.5, 0.6) is 5.75 Å². The highest BCUT2D eigenvalue weighted by molar-refractivity contribution is 9.11. The van der Waals surface area contributed by atoms with Crippen molar-refractivity contribution in [3.8, 4) is 16.9 Å². The maximum absolute atomic E-state index is 11.5. The average Bonchev–Trinajstić information content (AvgIpc) is 3.02. The normalized spacial score (nSPS) is 11.4. The molecule has 0 unspecified atom stereocenters. The summed E-state index contributed by atoms with van der Waals surface area (Å²) in [7, 11) is 0. The number of thiophene rings is 1. The Morgan fingerprint density at radius 1 is 1.07 bits per heavy atom. The van der Waals surface area contributed by atoms with Gasteiger partial charge in [-0.25, -0.2) is 0 Å². The first-order valence-corrected chi connectivity index (χ1v) is 12.5. The maximum atomic E-state index is 11.5. The summed E-state index contributed by atoms with van der Waals surface area (Å²) >= 11 is 9.37. The number of benzene rings is 3. The Hall–Kier alpha value is -1.69. The van der Waals surface area contributed by atoms with Crippen LogP contribution in [0.3, 0.4) is 0 Å².